The largest absolute Gasteiger partial charge is 0.148 e. The second-order valence-electron chi connectivity index (χ2n) is 3.25. The van der Waals surface area contributed by atoms with Crippen molar-refractivity contribution in [2.45, 2.75) is 37.2 Å². The standard InChI is InChI=1S/C7H12S/c1-6(2)5-7(3,4)8-6/h1-4H3. The maximum absolute atomic E-state index is 3.42. The summed E-state index contributed by atoms with van der Waals surface area (Å²) in [5.41, 5.74) is 0. The van der Waals surface area contributed by atoms with Gasteiger partial charge in [-0.25, -0.2) is 0 Å². The zero-order valence-electron chi connectivity index (χ0n) is 5.91. The van der Waals surface area contributed by atoms with Crippen molar-refractivity contribution in [3.05, 3.63) is 6.42 Å². The summed E-state index contributed by atoms with van der Waals surface area (Å²) in [5.74, 6) is 0. The van der Waals surface area contributed by atoms with Crippen LogP contribution in [0.25, 0.3) is 0 Å². The Morgan fingerprint density at radius 3 is 1.25 bits per heavy atom. The highest BCUT2D eigenvalue weighted by Crippen LogP contribution is 2.53. The molecule has 0 saturated carbocycles. The number of thioether (sulfide) groups is 1. The molecule has 0 unspecified atom stereocenters. The van der Waals surface area contributed by atoms with Gasteiger partial charge in [0.15, 0.2) is 0 Å². The molecule has 0 bridgehead atoms. The van der Waals surface area contributed by atoms with Crippen molar-refractivity contribution >= 4 is 11.8 Å². The SMILES string of the molecule is CC1(C)[C]C(C)(C)S1. The van der Waals surface area contributed by atoms with Crippen LogP contribution in [0.15, 0.2) is 0 Å². The molecule has 0 aromatic carbocycles. The molecule has 0 aromatic rings. The van der Waals surface area contributed by atoms with E-state index < -0.39 is 0 Å². The third-order valence-corrected chi connectivity index (χ3v) is 2.34. The first-order valence-electron chi connectivity index (χ1n) is 2.91. The fraction of sp³-hybridized carbons (Fsp3) is 0.857. The minimum absolute atomic E-state index is 0.323. The molecule has 1 rings (SSSR count). The Morgan fingerprint density at radius 1 is 1.00 bits per heavy atom. The van der Waals surface area contributed by atoms with E-state index in [-0.39, 0.29) is 0 Å². The topological polar surface area (TPSA) is 0 Å². The second-order valence-corrected chi connectivity index (χ2v) is 5.49. The smallest absolute Gasteiger partial charge is 0.0191 e. The molecule has 8 heavy (non-hydrogen) atoms. The van der Waals surface area contributed by atoms with Gasteiger partial charge in [-0.1, -0.05) is 27.7 Å². The average molecular weight is 128 g/mol. The van der Waals surface area contributed by atoms with E-state index in [2.05, 4.69) is 34.1 Å². The van der Waals surface area contributed by atoms with Gasteiger partial charge in [-0.15, -0.1) is 11.8 Å². The van der Waals surface area contributed by atoms with E-state index in [1.165, 1.54) is 0 Å². The molecule has 1 aliphatic rings. The molecule has 0 nitrogen and oxygen atoms in total. The molecule has 1 heteroatoms. The second kappa shape index (κ2) is 1.44. The van der Waals surface area contributed by atoms with Gasteiger partial charge in [-0.2, -0.15) is 0 Å². The third-order valence-electron chi connectivity index (χ3n) is 1.11. The van der Waals surface area contributed by atoms with Crippen LogP contribution in [-0.2, 0) is 0 Å². The molecule has 1 fully saturated rings. The molecule has 1 heterocycles. The van der Waals surface area contributed by atoms with Crippen molar-refractivity contribution in [2.24, 2.45) is 0 Å². The third kappa shape index (κ3) is 1.19. The van der Waals surface area contributed by atoms with E-state index in [0.29, 0.717) is 9.49 Å². The van der Waals surface area contributed by atoms with Crippen molar-refractivity contribution in [3.63, 3.8) is 0 Å². The minimum Gasteiger partial charge on any atom is -0.148 e. The molecule has 0 amide bonds. The van der Waals surface area contributed by atoms with Crippen molar-refractivity contribution in [2.75, 3.05) is 0 Å². The van der Waals surface area contributed by atoms with Gasteiger partial charge in [-0.3, -0.25) is 0 Å². The highest BCUT2D eigenvalue weighted by Gasteiger charge is 2.43. The summed E-state index contributed by atoms with van der Waals surface area (Å²) >= 11 is 1.98. The quantitative estimate of drug-likeness (QED) is 0.482. The lowest BCUT2D eigenvalue weighted by Crippen LogP contribution is -2.43. The number of rotatable bonds is 0. The summed E-state index contributed by atoms with van der Waals surface area (Å²) in [6.07, 6.45) is 3.42. The first-order chi connectivity index (χ1) is 3.41. The van der Waals surface area contributed by atoms with Crippen LogP contribution in [0.2, 0.25) is 0 Å². The summed E-state index contributed by atoms with van der Waals surface area (Å²) < 4.78 is 0.646. The molecule has 1 saturated heterocycles. The van der Waals surface area contributed by atoms with Crippen LogP contribution in [0.4, 0.5) is 0 Å². The molecule has 0 spiro atoms. The summed E-state index contributed by atoms with van der Waals surface area (Å²) in [5, 5.41) is 0. The normalized spacial score (nSPS) is 31.5. The van der Waals surface area contributed by atoms with Gasteiger partial charge in [0.2, 0.25) is 0 Å². The highest BCUT2D eigenvalue weighted by molar-refractivity contribution is 8.03. The summed E-state index contributed by atoms with van der Waals surface area (Å²) in [7, 11) is 0. The maximum atomic E-state index is 3.42. The Labute approximate surface area is 56.0 Å². The van der Waals surface area contributed by atoms with Crippen LogP contribution >= 0.6 is 11.8 Å². The van der Waals surface area contributed by atoms with Crippen LogP contribution < -0.4 is 0 Å². The van der Waals surface area contributed by atoms with E-state index in [9.17, 15) is 0 Å². The lowest BCUT2D eigenvalue weighted by Gasteiger charge is -2.47. The molecule has 0 N–H and O–H groups in total. The van der Waals surface area contributed by atoms with E-state index in [1.807, 2.05) is 11.8 Å². The molecule has 0 aliphatic carbocycles. The van der Waals surface area contributed by atoms with Gasteiger partial charge < -0.3 is 0 Å². The predicted molar refractivity (Wildman–Crippen MR) is 39.0 cm³/mol. The average Bonchev–Trinajstić information content (AvgIpc) is 1.20. The molecule has 0 aromatic heterocycles. The van der Waals surface area contributed by atoms with Gasteiger partial charge in [-0.05, 0) is 0 Å². The van der Waals surface area contributed by atoms with Gasteiger partial charge in [0.05, 0.1) is 0 Å². The molecular formula is C7H12S. The molecule has 1 aliphatic heterocycles. The fourth-order valence-corrected chi connectivity index (χ4v) is 3.10. The Bertz CT molecular complexity index is 81.0. The highest BCUT2D eigenvalue weighted by atomic mass is 32.2. The first-order valence-corrected chi connectivity index (χ1v) is 3.72. The van der Waals surface area contributed by atoms with Gasteiger partial charge in [0.1, 0.15) is 0 Å². The monoisotopic (exact) mass is 128 g/mol. The summed E-state index contributed by atoms with van der Waals surface area (Å²) in [4.78, 5) is 0. The van der Waals surface area contributed by atoms with Crippen LogP contribution in [0.5, 0.6) is 0 Å². The van der Waals surface area contributed by atoms with E-state index >= 15 is 0 Å². The lowest BCUT2D eigenvalue weighted by molar-refractivity contribution is 0.621. The molecule has 0 atom stereocenters. The zero-order chi connectivity index (χ0) is 6.41. The van der Waals surface area contributed by atoms with Gasteiger partial charge >= 0.3 is 0 Å². The Morgan fingerprint density at radius 2 is 1.25 bits per heavy atom. The minimum atomic E-state index is 0.323. The first kappa shape index (κ1) is 6.47. The molecular weight excluding hydrogens is 116 g/mol. The number of hydrogen-bond donors (Lipinski definition) is 0. The molecule has 46 valence electrons. The van der Waals surface area contributed by atoms with E-state index in [4.69, 9.17) is 0 Å². The van der Waals surface area contributed by atoms with Crippen molar-refractivity contribution in [1.82, 2.24) is 0 Å². The van der Waals surface area contributed by atoms with E-state index in [1.54, 1.807) is 0 Å². The predicted octanol–water partition coefficient (Wildman–Crippen LogP) is 2.37. The summed E-state index contributed by atoms with van der Waals surface area (Å²) in [6, 6.07) is 0. The van der Waals surface area contributed by atoms with Crippen LogP contribution in [0.1, 0.15) is 27.7 Å². The lowest BCUT2D eigenvalue weighted by atomic mass is 9.97. The number of hydrogen-bond acceptors (Lipinski definition) is 1. The van der Waals surface area contributed by atoms with E-state index in [0.717, 1.165) is 0 Å². The summed E-state index contributed by atoms with van der Waals surface area (Å²) in [6.45, 7) is 8.79. The molecule has 2 radical (unpaired) electrons. The zero-order valence-corrected chi connectivity index (χ0v) is 6.72. The van der Waals surface area contributed by atoms with Crippen LogP contribution in [0, 0.1) is 6.42 Å². The van der Waals surface area contributed by atoms with Crippen molar-refractivity contribution in [1.29, 1.82) is 0 Å². The van der Waals surface area contributed by atoms with Gasteiger partial charge in [0.25, 0.3) is 0 Å². The Balaban J connectivity index is 2.42. The van der Waals surface area contributed by atoms with Crippen LogP contribution in [0.3, 0.4) is 0 Å². The van der Waals surface area contributed by atoms with Gasteiger partial charge in [0, 0.05) is 15.9 Å². The fourth-order valence-electron chi connectivity index (χ4n) is 1.37. The Kier molecular flexibility index (Phi) is 1.16. The Hall–Kier alpha value is 0.350. The van der Waals surface area contributed by atoms with Crippen LogP contribution in [-0.4, -0.2) is 9.49 Å². The van der Waals surface area contributed by atoms with Crippen molar-refractivity contribution < 1.29 is 0 Å². The maximum Gasteiger partial charge on any atom is 0.0191 e. The van der Waals surface area contributed by atoms with Crippen molar-refractivity contribution in [3.8, 4) is 0 Å².